The Morgan fingerprint density at radius 3 is 2.47 bits per heavy atom. The van der Waals surface area contributed by atoms with Gasteiger partial charge in [0.25, 0.3) is 0 Å². The van der Waals surface area contributed by atoms with Gasteiger partial charge in [0, 0.05) is 13.1 Å². The van der Waals surface area contributed by atoms with E-state index >= 15 is 0 Å². The number of hydrogen-bond acceptors (Lipinski definition) is 4. The van der Waals surface area contributed by atoms with Gasteiger partial charge in [-0.2, -0.15) is 5.10 Å². The van der Waals surface area contributed by atoms with Gasteiger partial charge in [0.2, 0.25) is 5.91 Å². The summed E-state index contributed by atoms with van der Waals surface area (Å²) in [5, 5.41) is 4.33. The van der Waals surface area contributed by atoms with Crippen molar-refractivity contribution in [2.75, 3.05) is 11.9 Å². The van der Waals surface area contributed by atoms with Crippen LogP contribution in [0.2, 0.25) is 0 Å². The lowest BCUT2D eigenvalue weighted by Crippen LogP contribution is -2.46. The Kier molecular flexibility index (Phi) is 6.58. The van der Waals surface area contributed by atoms with Gasteiger partial charge in [-0.15, -0.1) is 0 Å². The Labute approximate surface area is 194 Å². The van der Waals surface area contributed by atoms with Crippen molar-refractivity contribution in [3.63, 3.8) is 0 Å². The zero-order valence-corrected chi connectivity index (χ0v) is 18.7. The van der Waals surface area contributed by atoms with Crippen LogP contribution in [0.3, 0.4) is 0 Å². The van der Waals surface area contributed by atoms with E-state index in [1.165, 1.54) is 11.1 Å². The van der Waals surface area contributed by atoms with Crippen LogP contribution >= 0.6 is 0 Å². The molecule has 0 saturated carbocycles. The van der Waals surface area contributed by atoms with Gasteiger partial charge in [-0.25, -0.2) is 18.0 Å². The first kappa shape index (κ1) is 23.3. The molecule has 3 aromatic rings. The molecule has 34 heavy (non-hydrogen) atoms. The van der Waals surface area contributed by atoms with Gasteiger partial charge in [-0.3, -0.25) is 14.4 Å². The highest BCUT2D eigenvalue weighted by atomic mass is 19.2. The molecule has 2 aromatic carbocycles. The topological polar surface area (TPSA) is 67.7 Å². The quantitative estimate of drug-likeness (QED) is 0.526. The molecule has 1 atom stereocenters. The maximum atomic E-state index is 13.6. The molecular weight excluding hydrogens is 449 g/mol. The number of carbonyl (C=O) groups excluding carboxylic acids is 2. The zero-order valence-electron chi connectivity index (χ0n) is 18.7. The van der Waals surface area contributed by atoms with E-state index in [1.54, 1.807) is 16.6 Å². The summed E-state index contributed by atoms with van der Waals surface area (Å²) in [4.78, 5) is 28.4. The molecular formula is C24H23F3N4O3. The highest BCUT2D eigenvalue weighted by Gasteiger charge is 2.31. The lowest BCUT2D eigenvalue weighted by molar-refractivity contribution is -0.134. The van der Waals surface area contributed by atoms with Gasteiger partial charge in [0.15, 0.2) is 17.5 Å². The molecule has 0 bridgehead atoms. The summed E-state index contributed by atoms with van der Waals surface area (Å²) in [6.07, 6.45) is 0.662. The number of carbonyl (C=O) groups is 2. The summed E-state index contributed by atoms with van der Waals surface area (Å²) in [7, 11) is 1.56. The standard InChI is InChI=1S/C24H23F3N4O3/c1-15-12-31-21(13-30(15)22(32)10-17-8-18(25)23(27)19(26)9-17)20(11-28-31)29(2)24(33)34-14-16-6-4-3-5-7-16/h3-9,11,15H,10,12-14H2,1-2H3/t15-/m0/s1. The van der Waals surface area contributed by atoms with Crippen LogP contribution in [0.4, 0.5) is 23.7 Å². The Morgan fingerprint density at radius 2 is 1.79 bits per heavy atom. The summed E-state index contributed by atoms with van der Waals surface area (Å²) in [5.41, 5.74) is 2.00. The van der Waals surface area contributed by atoms with Crippen molar-refractivity contribution >= 4 is 17.7 Å². The number of halogens is 3. The Bertz CT molecular complexity index is 1190. The van der Waals surface area contributed by atoms with Crippen LogP contribution in [-0.4, -0.2) is 39.8 Å². The molecule has 1 aliphatic heterocycles. The fourth-order valence-corrected chi connectivity index (χ4v) is 3.90. The van der Waals surface area contributed by atoms with Gasteiger partial charge in [0.1, 0.15) is 6.61 Å². The third-order valence-corrected chi connectivity index (χ3v) is 5.78. The molecule has 0 unspecified atom stereocenters. The molecule has 1 aromatic heterocycles. The van der Waals surface area contributed by atoms with Crippen molar-refractivity contribution in [1.82, 2.24) is 14.7 Å². The highest BCUT2D eigenvalue weighted by Crippen LogP contribution is 2.27. The number of benzene rings is 2. The zero-order chi connectivity index (χ0) is 24.4. The third-order valence-electron chi connectivity index (χ3n) is 5.78. The van der Waals surface area contributed by atoms with E-state index < -0.39 is 23.5 Å². The van der Waals surface area contributed by atoms with E-state index in [4.69, 9.17) is 4.74 Å². The number of anilines is 1. The Hall–Kier alpha value is -3.82. The fraction of sp³-hybridized carbons (Fsp3) is 0.292. The van der Waals surface area contributed by atoms with Crippen LogP contribution in [0.25, 0.3) is 0 Å². The smallest absolute Gasteiger partial charge is 0.414 e. The summed E-state index contributed by atoms with van der Waals surface area (Å²) < 4.78 is 47.4. The summed E-state index contributed by atoms with van der Waals surface area (Å²) in [6, 6.07) is 10.6. The molecule has 1 aliphatic rings. The monoisotopic (exact) mass is 472 g/mol. The SMILES string of the molecule is C[C@H]1Cn2ncc(N(C)C(=O)OCc3ccccc3)c2CN1C(=O)Cc1cc(F)c(F)c(F)c1. The average molecular weight is 472 g/mol. The van der Waals surface area contributed by atoms with Crippen LogP contribution in [0.15, 0.2) is 48.7 Å². The summed E-state index contributed by atoms with van der Waals surface area (Å²) in [6.45, 7) is 2.45. The van der Waals surface area contributed by atoms with Crippen LogP contribution < -0.4 is 4.90 Å². The predicted molar refractivity (Wildman–Crippen MR) is 117 cm³/mol. The predicted octanol–water partition coefficient (Wildman–Crippen LogP) is 4.05. The van der Waals surface area contributed by atoms with Crippen LogP contribution in [0.5, 0.6) is 0 Å². The minimum atomic E-state index is -1.57. The minimum Gasteiger partial charge on any atom is -0.444 e. The molecule has 0 N–H and O–H groups in total. The van der Waals surface area contributed by atoms with Gasteiger partial charge >= 0.3 is 6.09 Å². The number of amides is 2. The first-order valence-corrected chi connectivity index (χ1v) is 10.7. The van der Waals surface area contributed by atoms with E-state index in [1.807, 2.05) is 37.3 Å². The Balaban J connectivity index is 1.47. The van der Waals surface area contributed by atoms with Crippen LogP contribution in [0.1, 0.15) is 23.7 Å². The minimum absolute atomic E-state index is 0.0366. The second-order valence-electron chi connectivity index (χ2n) is 8.18. The molecule has 2 heterocycles. The molecule has 0 aliphatic carbocycles. The number of ether oxygens (including phenoxy) is 1. The molecule has 7 nitrogen and oxygen atoms in total. The second-order valence-corrected chi connectivity index (χ2v) is 8.18. The fourth-order valence-electron chi connectivity index (χ4n) is 3.90. The summed E-state index contributed by atoms with van der Waals surface area (Å²) >= 11 is 0. The van der Waals surface area contributed by atoms with Crippen LogP contribution in [-0.2, 0) is 35.6 Å². The molecule has 2 amide bonds. The van der Waals surface area contributed by atoms with Gasteiger partial charge in [-0.05, 0) is 30.2 Å². The molecule has 0 saturated heterocycles. The molecule has 0 fully saturated rings. The molecule has 4 rings (SSSR count). The van der Waals surface area contributed by atoms with Crippen molar-refractivity contribution < 1.29 is 27.5 Å². The second kappa shape index (κ2) is 9.58. The molecule has 178 valence electrons. The summed E-state index contributed by atoms with van der Waals surface area (Å²) in [5.74, 6) is -4.64. The van der Waals surface area contributed by atoms with Gasteiger partial charge < -0.3 is 9.64 Å². The maximum Gasteiger partial charge on any atom is 0.414 e. The van der Waals surface area contributed by atoms with Gasteiger partial charge in [-0.1, -0.05) is 30.3 Å². The normalized spacial score (nSPS) is 15.1. The van der Waals surface area contributed by atoms with E-state index in [9.17, 15) is 22.8 Å². The number of fused-ring (bicyclic) bond motifs is 1. The van der Waals surface area contributed by atoms with Crippen molar-refractivity contribution in [1.29, 1.82) is 0 Å². The van der Waals surface area contributed by atoms with Crippen molar-refractivity contribution in [2.45, 2.75) is 39.1 Å². The first-order valence-electron chi connectivity index (χ1n) is 10.7. The number of hydrogen-bond donors (Lipinski definition) is 0. The maximum absolute atomic E-state index is 13.6. The largest absolute Gasteiger partial charge is 0.444 e. The number of rotatable bonds is 5. The molecule has 0 spiro atoms. The van der Waals surface area contributed by atoms with Crippen molar-refractivity contribution in [3.05, 3.63) is 82.9 Å². The van der Waals surface area contributed by atoms with Gasteiger partial charge in [0.05, 0.1) is 37.1 Å². The molecule has 0 radical (unpaired) electrons. The lowest BCUT2D eigenvalue weighted by atomic mass is 10.1. The lowest BCUT2D eigenvalue weighted by Gasteiger charge is -2.35. The van der Waals surface area contributed by atoms with E-state index in [2.05, 4.69) is 5.10 Å². The van der Waals surface area contributed by atoms with E-state index in [0.29, 0.717) is 17.9 Å². The first-order chi connectivity index (χ1) is 16.2. The van der Waals surface area contributed by atoms with Crippen molar-refractivity contribution in [2.24, 2.45) is 0 Å². The average Bonchev–Trinajstić information content (AvgIpc) is 3.23. The van der Waals surface area contributed by atoms with Crippen molar-refractivity contribution in [3.8, 4) is 0 Å². The van der Waals surface area contributed by atoms with E-state index in [-0.39, 0.29) is 37.1 Å². The number of nitrogens with zero attached hydrogens (tertiary/aromatic N) is 4. The van der Waals surface area contributed by atoms with Crippen LogP contribution in [0, 0.1) is 17.5 Å². The highest BCUT2D eigenvalue weighted by molar-refractivity contribution is 5.88. The van der Waals surface area contributed by atoms with E-state index in [0.717, 1.165) is 17.7 Å². The third kappa shape index (κ3) is 4.75. The number of aromatic nitrogens is 2. The Morgan fingerprint density at radius 1 is 1.12 bits per heavy atom. The molecule has 10 heteroatoms.